The number of nitrogens with zero attached hydrogens (tertiary/aromatic N) is 1. The molecule has 1 atom stereocenters. The van der Waals surface area contributed by atoms with Crippen molar-refractivity contribution in [2.75, 3.05) is 13.2 Å². The number of carbonyl (C=O) groups is 1. The van der Waals surface area contributed by atoms with Crippen molar-refractivity contribution in [3.8, 4) is 0 Å². The Morgan fingerprint density at radius 2 is 2.24 bits per heavy atom. The highest BCUT2D eigenvalue weighted by Crippen LogP contribution is 2.31. The van der Waals surface area contributed by atoms with E-state index < -0.39 is 17.2 Å². The van der Waals surface area contributed by atoms with Crippen LogP contribution in [0.5, 0.6) is 0 Å². The summed E-state index contributed by atoms with van der Waals surface area (Å²) in [4.78, 5) is 16.7. The number of rotatable bonds is 6. The molecule has 0 aliphatic heterocycles. The van der Waals surface area contributed by atoms with Crippen molar-refractivity contribution in [1.29, 1.82) is 0 Å². The van der Waals surface area contributed by atoms with Crippen LogP contribution in [-0.2, 0) is 21.4 Å². The van der Waals surface area contributed by atoms with E-state index in [-0.39, 0.29) is 25.1 Å². The van der Waals surface area contributed by atoms with E-state index in [1.165, 1.54) is 17.4 Å². The van der Waals surface area contributed by atoms with Gasteiger partial charge < -0.3 is 10.5 Å². The van der Waals surface area contributed by atoms with Gasteiger partial charge in [0.2, 0.25) is 0 Å². The summed E-state index contributed by atoms with van der Waals surface area (Å²) in [5, 5.41) is 1.82. The molecule has 0 radical (unpaired) electrons. The predicted molar refractivity (Wildman–Crippen MR) is 79.6 cm³/mol. The summed E-state index contributed by atoms with van der Waals surface area (Å²) in [6, 6.07) is 6.16. The molecule has 1 heterocycles. The lowest BCUT2D eigenvalue weighted by Gasteiger charge is -2.30. The van der Waals surface area contributed by atoms with Gasteiger partial charge in [-0.1, -0.05) is 18.2 Å². The Kier molecular flexibility index (Phi) is 5.03. The smallest absolute Gasteiger partial charge is 0.318 e. The van der Waals surface area contributed by atoms with Crippen molar-refractivity contribution in [3.05, 3.63) is 52.2 Å². The topological polar surface area (TPSA) is 65.2 Å². The van der Waals surface area contributed by atoms with E-state index in [1.54, 1.807) is 30.6 Å². The number of benzene rings is 1. The highest BCUT2D eigenvalue weighted by molar-refractivity contribution is 7.07. The molecule has 2 rings (SSSR count). The first-order valence-electron chi connectivity index (χ1n) is 6.63. The highest BCUT2D eigenvalue weighted by atomic mass is 32.1. The van der Waals surface area contributed by atoms with Crippen molar-refractivity contribution in [1.82, 2.24) is 4.98 Å². The number of nitrogens with two attached hydrogens (primary N) is 1. The molecule has 1 aromatic heterocycles. The molecule has 0 amide bonds. The Bertz CT molecular complexity index is 603. The second-order valence-corrected chi connectivity index (χ2v) is 5.36. The van der Waals surface area contributed by atoms with Crippen LogP contribution in [0.2, 0.25) is 0 Å². The Labute approximate surface area is 126 Å². The molecule has 0 spiro atoms. The van der Waals surface area contributed by atoms with E-state index in [9.17, 15) is 9.18 Å². The third-order valence-electron chi connectivity index (χ3n) is 3.37. The number of carbonyl (C=O) groups excluding carboxylic acids is 1. The maximum Gasteiger partial charge on any atom is 0.318 e. The second-order valence-electron chi connectivity index (χ2n) is 4.64. The van der Waals surface area contributed by atoms with Gasteiger partial charge in [0.15, 0.2) is 0 Å². The minimum atomic E-state index is -1.25. The molecule has 1 aromatic carbocycles. The Morgan fingerprint density at radius 3 is 2.81 bits per heavy atom. The van der Waals surface area contributed by atoms with Gasteiger partial charge in [-0.15, -0.1) is 11.3 Å². The minimum Gasteiger partial charge on any atom is -0.465 e. The molecule has 4 nitrogen and oxygen atoms in total. The van der Waals surface area contributed by atoms with Crippen LogP contribution < -0.4 is 5.73 Å². The summed E-state index contributed by atoms with van der Waals surface area (Å²) in [6.07, 6.45) is 0.215. The molecule has 0 saturated carbocycles. The molecule has 0 fully saturated rings. The Balaban J connectivity index is 2.51. The lowest BCUT2D eigenvalue weighted by Crippen LogP contribution is -2.47. The van der Waals surface area contributed by atoms with Crippen LogP contribution in [0, 0.1) is 5.82 Å². The van der Waals surface area contributed by atoms with Crippen molar-refractivity contribution in [3.63, 3.8) is 0 Å². The highest BCUT2D eigenvalue weighted by Gasteiger charge is 2.43. The fraction of sp³-hybridized carbons (Fsp3) is 0.333. The second kappa shape index (κ2) is 6.78. The molecular weight excluding hydrogens is 291 g/mol. The third kappa shape index (κ3) is 3.11. The number of hydrogen-bond acceptors (Lipinski definition) is 5. The van der Waals surface area contributed by atoms with Gasteiger partial charge >= 0.3 is 5.97 Å². The van der Waals surface area contributed by atoms with E-state index in [2.05, 4.69) is 4.98 Å². The Morgan fingerprint density at radius 1 is 1.48 bits per heavy atom. The average Bonchev–Trinajstić information content (AvgIpc) is 2.98. The first kappa shape index (κ1) is 15.6. The first-order valence-corrected chi connectivity index (χ1v) is 7.57. The SMILES string of the molecule is CCOC(=O)C(CN)(Cc1cscn1)c1ccccc1F. The summed E-state index contributed by atoms with van der Waals surface area (Å²) in [6.45, 7) is 1.87. The van der Waals surface area contributed by atoms with Crippen molar-refractivity contribution in [2.24, 2.45) is 5.73 Å². The first-order chi connectivity index (χ1) is 10.1. The lowest BCUT2D eigenvalue weighted by atomic mass is 9.76. The molecule has 2 N–H and O–H groups in total. The van der Waals surface area contributed by atoms with Crippen LogP contribution in [0.1, 0.15) is 18.2 Å². The molecule has 0 aliphatic carbocycles. The maximum absolute atomic E-state index is 14.2. The number of halogens is 1. The van der Waals surface area contributed by atoms with Crippen LogP contribution in [0.3, 0.4) is 0 Å². The normalized spacial score (nSPS) is 13.7. The zero-order valence-electron chi connectivity index (χ0n) is 11.7. The van der Waals surface area contributed by atoms with Crippen molar-refractivity contribution in [2.45, 2.75) is 18.8 Å². The van der Waals surface area contributed by atoms with Crippen LogP contribution >= 0.6 is 11.3 Å². The van der Waals surface area contributed by atoms with Crippen LogP contribution in [0.4, 0.5) is 4.39 Å². The van der Waals surface area contributed by atoms with Crippen LogP contribution in [0.25, 0.3) is 0 Å². The fourth-order valence-corrected chi connectivity index (χ4v) is 2.85. The summed E-state index contributed by atoms with van der Waals surface area (Å²) in [7, 11) is 0. The fourth-order valence-electron chi connectivity index (χ4n) is 2.30. The molecule has 1 unspecified atom stereocenters. The zero-order chi connectivity index (χ0) is 15.3. The number of ether oxygens (including phenoxy) is 1. The van der Waals surface area contributed by atoms with E-state index in [0.717, 1.165) is 0 Å². The predicted octanol–water partition coefficient (Wildman–Crippen LogP) is 2.28. The van der Waals surface area contributed by atoms with Gasteiger partial charge in [-0.05, 0) is 13.0 Å². The van der Waals surface area contributed by atoms with Gasteiger partial charge in [0.1, 0.15) is 11.2 Å². The van der Waals surface area contributed by atoms with E-state index in [4.69, 9.17) is 10.5 Å². The van der Waals surface area contributed by atoms with E-state index in [0.29, 0.717) is 5.69 Å². The molecule has 0 saturated heterocycles. The number of aromatic nitrogens is 1. The van der Waals surface area contributed by atoms with E-state index >= 15 is 0 Å². The van der Waals surface area contributed by atoms with Gasteiger partial charge in [0, 0.05) is 23.9 Å². The third-order valence-corrected chi connectivity index (χ3v) is 4.01. The quantitative estimate of drug-likeness (QED) is 0.832. The van der Waals surface area contributed by atoms with Gasteiger partial charge in [0.25, 0.3) is 0 Å². The standard InChI is InChI=1S/C15H17FN2O2S/c1-2-20-14(19)15(9-17,7-11-8-21-10-18-11)12-5-3-4-6-13(12)16/h3-6,8,10H,2,7,9,17H2,1H3. The maximum atomic E-state index is 14.2. The number of hydrogen-bond donors (Lipinski definition) is 1. The summed E-state index contributed by atoms with van der Waals surface area (Å²) in [5.41, 5.74) is 7.22. The lowest BCUT2D eigenvalue weighted by molar-refractivity contribution is -0.150. The number of thiazole rings is 1. The van der Waals surface area contributed by atoms with Gasteiger partial charge in [0.05, 0.1) is 17.8 Å². The van der Waals surface area contributed by atoms with Gasteiger partial charge in [-0.2, -0.15) is 0 Å². The van der Waals surface area contributed by atoms with Gasteiger partial charge in [-0.25, -0.2) is 9.37 Å². The van der Waals surface area contributed by atoms with Crippen molar-refractivity contribution >= 4 is 17.3 Å². The Hall–Kier alpha value is -1.79. The molecule has 21 heavy (non-hydrogen) atoms. The molecule has 0 aliphatic rings. The summed E-state index contributed by atoms with van der Waals surface area (Å²) < 4.78 is 19.4. The minimum absolute atomic E-state index is 0.0513. The van der Waals surface area contributed by atoms with Crippen LogP contribution in [-0.4, -0.2) is 24.1 Å². The molecular formula is C15H17FN2O2S. The van der Waals surface area contributed by atoms with E-state index in [1.807, 2.05) is 5.38 Å². The average molecular weight is 308 g/mol. The summed E-state index contributed by atoms with van der Waals surface area (Å²) >= 11 is 1.42. The molecule has 112 valence electrons. The molecule has 6 heteroatoms. The van der Waals surface area contributed by atoms with Crippen molar-refractivity contribution < 1.29 is 13.9 Å². The largest absolute Gasteiger partial charge is 0.465 e. The summed E-state index contributed by atoms with van der Waals surface area (Å²) in [5.74, 6) is -0.989. The zero-order valence-corrected chi connectivity index (χ0v) is 12.5. The number of esters is 1. The molecule has 2 aromatic rings. The monoisotopic (exact) mass is 308 g/mol. The van der Waals surface area contributed by atoms with Gasteiger partial charge in [-0.3, -0.25) is 4.79 Å². The molecule has 0 bridgehead atoms. The van der Waals surface area contributed by atoms with Crippen LogP contribution in [0.15, 0.2) is 35.2 Å².